The predicted octanol–water partition coefficient (Wildman–Crippen LogP) is 6.17. The summed E-state index contributed by atoms with van der Waals surface area (Å²) < 4.78 is 26.8. The molecule has 4 rings (SSSR count). The number of carboxylic acid groups (broad SMARTS) is 1. The van der Waals surface area contributed by atoms with Crippen molar-refractivity contribution in [2.75, 3.05) is 0 Å². The molecule has 3 aromatic rings. The number of aromatic nitrogens is 2. The Bertz CT molecular complexity index is 1380. The van der Waals surface area contributed by atoms with Crippen LogP contribution in [0.15, 0.2) is 66.0 Å². The fraction of sp³-hybridized carbons (Fsp3) is 0.310. The Morgan fingerprint density at radius 3 is 2.43 bits per heavy atom. The molecule has 0 spiro atoms. The number of aliphatic carboxylic acids is 1. The molecule has 192 valence electrons. The van der Waals surface area contributed by atoms with Crippen LogP contribution in [-0.4, -0.2) is 33.0 Å². The fourth-order valence-corrected chi connectivity index (χ4v) is 4.31. The molecular weight excluding hydrogens is 476 g/mol. The molecule has 1 aliphatic carbocycles. The highest BCUT2D eigenvalue weighted by Gasteiger charge is 2.18. The molecule has 1 unspecified atom stereocenters. The van der Waals surface area contributed by atoms with E-state index in [1.807, 2.05) is 6.92 Å². The summed E-state index contributed by atoms with van der Waals surface area (Å²) in [5.41, 5.74) is 4.47. The van der Waals surface area contributed by atoms with Crippen LogP contribution in [0.4, 0.5) is 8.78 Å². The van der Waals surface area contributed by atoms with Crippen LogP contribution >= 0.6 is 0 Å². The molecule has 1 amide bonds. The lowest BCUT2D eigenvalue weighted by molar-refractivity contribution is -0.141. The maximum atomic E-state index is 13.5. The maximum absolute atomic E-state index is 13.5. The van der Waals surface area contributed by atoms with Gasteiger partial charge >= 0.3 is 5.97 Å². The van der Waals surface area contributed by atoms with Crippen LogP contribution in [0.25, 0.3) is 22.3 Å². The highest BCUT2D eigenvalue weighted by molar-refractivity contribution is 5.97. The average molecular weight is 506 g/mol. The van der Waals surface area contributed by atoms with Crippen LogP contribution in [0.2, 0.25) is 0 Å². The lowest BCUT2D eigenvalue weighted by Gasteiger charge is -2.19. The summed E-state index contributed by atoms with van der Waals surface area (Å²) in [6.45, 7) is 3.53. The molecule has 2 N–H and O–H groups in total. The van der Waals surface area contributed by atoms with Crippen LogP contribution in [0.5, 0.6) is 0 Å². The number of nitrogens with zero attached hydrogens (tertiary/aromatic N) is 2. The maximum Gasteiger partial charge on any atom is 0.306 e. The summed E-state index contributed by atoms with van der Waals surface area (Å²) in [5, 5.41) is 12.2. The topological polar surface area (TPSA) is 92.2 Å². The van der Waals surface area contributed by atoms with E-state index in [9.17, 15) is 23.5 Å². The van der Waals surface area contributed by atoms with Crippen molar-refractivity contribution in [3.63, 3.8) is 0 Å². The number of hydrogen-bond acceptors (Lipinski definition) is 4. The van der Waals surface area contributed by atoms with Gasteiger partial charge in [-0.1, -0.05) is 13.0 Å². The number of rotatable bonds is 9. The number of carboxylic acids is 1. The molecule has 6 nitrogen and oxygen atoms in total. The molecule has 0 fully saturated rings. The third kappa shape index (κ3) is 6.44. The second kappa shape index (κ2) is 11.4. The lowest BCUT2D eigenvalue weighted by Crippen LogP contribution is -2.34. The van der Waals surface area contributed by atoms with Gasteiger partial charge in [0.05, 0.1) is 28.3 Å². The van der Waals surface area contributed by atoms with Crippen molar-refractivity contribution in [3.05, 3.63) is 83.1 Å². The standard InChI is InChI=1S/C29H29F2N3O3/c1-17(29(36)37)4-3-5-25-27(20-8-13-23(31)14-9-20)34-24-15-10-21(16-26(24)33-25)28(35)32-18(2)19-6-11-22(30)12-7-19/h6,8-11,13-18H,3-5,7,12H2,1-2H3,(H,32,35)(H,36,37)/t17?,18-/m0/s1. The van der Waals surface area contributed by atoms with Crippen molar-refractivity contribution in [3.8, 4) is 11.3 Å². The molecule has 0 bridgehead atoms. The smallest absolute Gasteiger partial charge is 0.306 e. The summed E-state index contributed by atoms with van der Waals surface area (Å²) in [6.07, 6.45) is 5.59. The quantitative estimate of drug-likeness (QED) is 0.363. The van der Waals surface area contributed by atoms with E-state index in [0.717, 1.165) is 5.57 Å². The number of allylic oxidation sites excluding steroid dienone is 3. The number of hydrogen-bond donors (Lipinski definition) is 2. The zero-order valence-electron chi connectivity index (χ0n) is 20.8. The second-order valence-electron chi connectivity index (χ2n) is 9.41. The summed E-state index contributed by atoms with van der Waals surface area (Å²) in [4.78, 5) is 33.7. The summed E-state index contributed by atoms with van der Waals surface area (Å²) >= 11 is 0. The van der Waals surface area contributed by atoms with E-state index in [1.165, 1.54) is 18.2 Å². The normalized spacial score (nSPS) is 15.0. The number of halogens is 2. The number of carbonyl (C=O) groups is 2. The first kappa shape index (κ1) is 26.1. The van der Waals surface area contributed by atoms with Gasteiger partial charge in [-0.2, -0.15) is 0 Å². The van der Waals surface area contributed by atoms with Gasteiger partial charge in [-0.05, 0) is 86.7 Å². The molecule has 0 aliphatic heterocycles. The van der Waals surface area contributed by atoms with E-state index >= 15 is 0 Å². The Morgan fingerprint density at radius 1 is 1.00 bits per heavy atom. The van der Waals surface area contributed by atoms with Crippen LogP contribution in [0.1, 0.15) is 55.6 Å². The minimum atomic E-state index is -0.849. The van der Waals surface area contributed by atoms with Gasteiger partial charge < -0.3 is 10.4 Å². The molecule has 2 aromatic carbocycles. The van der Waals surface area contributed by atoms with Gasteiger partial charge in [0.2, 0.25) is 0 Å². The number of fused-ring (bicyclic) bond motifs is 1. The molecular formula is C29H29F2N3O3. The third-order valence-corrected chi connectivity index (χ3v) is 6.62. The van der Waals surface area contributed by atoms with Crippen molar-refractivity contribution in [2.24, 2.45) is 5.92 Å². The third-order valence-electron chi connectivity index (χ3n) is 6.62. The van der Waals surface area contributed by atoms with Crippen molar-refractivity contribution in [1.29, 1.82) is 0 Å². The number of amides is 1. The number of carbonyl (C=O) groups excluding carboxylic acids is 1. The van der Waals surface area contributed by atoms with E-state index in [2.05, 4.69) is 5.32 Å². The molecule has 1 heterocycles. The van der Waals surface area contributed by atoms with Gasteiger partial charge in [0.25, 0.3) is 5.91 Å². The van der Waals surface area contributed by atoms with Crippen molar-refractivity contribution >= 4 is 22.9 Å². The largest absolute Gasteiger partial charge is 0.481 e. The number of benzene rings is 2. The van der Waals surface area contributed by atoms with Gasteiger partial charge in [-0.25, -0.2) is 18.7 Å². The zero-order valence-corrected chi connectivity index (χ0v) is 20.8. The van der Waals surface area contributed by atoms with E-state index in [-0.39, 0.29) is 23.6 Å². The summed E-state index contributed by atoms with van der Waals surface area (Å²) in [6, 6.07) is 10.8. The first-order valence-corrected chi connectivity index (χ1v) is 12.4. The Morgan fingerprint density at radius 2 is 1.76 bits per heavy atom. The first-order chi connectivity index (χ1) is 17.7. The summed E-state index contributed by atoms with van der Waals surface area (Å²) in [5.74, 6) is -2.12. The van der Waals surface area contributed by atoms with E-state index in [1.54, 1.807) is 43.3 Å². The fourth-order valence-electron chi connectivity index (χ4n) is 4.31. The van der Waals surface area contributed by atoms with Gasteiger partial charge in [-0.15, -0.1) is 0 Å². The van der Waals surface area contributed by atoms with E-state index in [0.29, 0.717) is 65.7 Å². The van der Waals surface area contributed by atoms with Crippen LogP contribution in [0, 0.1) is 11.7 Å². The molecule has 0 saturated heterocycles. The minimum Gasteiger partial charge on any atom is -0.481 e. The molecule has 1 aliphatic rings. The monoisotopic (exact) mass is 505 g/mol. The molecule has 37 heavy (non-hydrogen) atoms. The van der Waals surface area contributed by atoms with Crippen molar-refractivity contribution in [2.45, 2.75) is 52.0 Å². The molecule has 0 radical (unpaired) electrons. The molecule has 1 aromatic heterocycles. The SMILES string of the molecule is CC(CCCc1nc2cc(C(=O)N[C@@H](C)C3=CC=C(F)CC3)ccc2nc1-c1ccc(F)cc1)C(=O)O. The Hall–Kier alpha value is -3.94. The number of nitrogens with one attached hydrogen (secondary N) is 1. The van der Waals surface area contributed by atoms with E-state index < -0.39 is 11.9 Å². The van der Waals surface area contributed by atoms with Crippen LogP contribution < -0.4 is 5.32 Å². The van der Waals surface area contributed by atoms with Crippen LogP contribution in [0.3, 0.4) is 0 Å². The predicted molar refractivity (Wildman–Crippen MR) is 138 cm³/mol. The zero-order chi connectivity index (χ0) is 26.5. The van der Waals surface area contributed by atoms with Gasteiger partial charge in [-0.3, -0.25) is 9.59 Å². The molecule has 2 atom stereocenters. The second-order valence-corrected chi connectivity index (χ2v) is 9.41. The molecule has 0 saturated carbocycles. The first-order valence-electron chi connectivity index (χ1n) is 12.4. The Labute approximate surface area is 214 Å². The summed E-state index contributed by atoms with van der Waals surface area (Å²) in [7, 11) is 0. The van der Waals surface area contributed by atoms with Gasteiger partial charge in [0.15, 0.2) is 0 Å². The Kier molecular flexibility index (Phi) is 8.06. The van der Waals surface area contributed by atoms with Crippen molar-refractivity contribution in [1.82, 2.24) is 15.3 Å². The Balaban J connectivity index is 1.61. The highest BCUT2D eigenvalue weighted by atomic mass is 19.1. The van der Waals surface area contributed by atoms with Gasteiger partial charge in [0, 0.05) is 23.6 Å². The minimum absolute atomic E-state index is 0.163. The van der Waals surface area contributed by atoms with Crippen LogP contribution in [-0.2, 0) is 11.2 Å². The lowest BCUT2D eigenvalue weighted by atomic mass is 9.98. The molecule has 8 heteroatoms. The average Bonchev–Trinajstić information content (AvgIpc) is 2.88. The van der Waals surface area contributed by atoms with Crippen molar-refractivity contribution < 1.29 is 23.5 Å². The number of aryl methyl sites for hydroxylation is 1. The van der Waals surface area contributed by atoms with E-state index in [4.69, 9.17) is 9.97 Å². The highest BCUT2D eigenvalue weighted by Crippen LogP contribution is 2.27. The van der Waals surface area contributed by atoms with Gasteiger partial charge in [0.1, 0.15) is 11.6 Å².